The quantitative estimate of drug-likeness (QED) is 0.766. The topological polar surface area (TPSA) is 57.9 Å². The number of hydrogen-bond acceptors (Lipinski definition) is 3. The number of fused-ring (bicyclic) bond motifs is 1. The number of H-pyrrole nitrogens is 1. The summed E-state index contributed by atoms with van der Waals surface area (Å²) in [5.41, 5.74) is 10.5. The number of aromatic amines is 1. The van der Waals surface area contributed by atoms with Gasteiger partial charge in [-0.15, -0.1) is 0 Å². The first-order chi connectivity index (χ1) is 9.72. The van der Waals surface area contributed by atoms with Gasteiger partial charge in [-0.3, -0.25) is 0 Å². The zero-order valence-electron chi connectivity index (χ0n) is 11.7. The Morgan fingerprint density at radius 2 is 1.95 bits per heavy atom. The second kappa shape index (κ2) is 4.98. The van der Waals surface area contributed by atoms with E-state index in [-0.39, 0.29) is 0 Å². The Bertz CT molecular complexity index is 743. The molecule has 0 bridgehead atoms. The zero-order chi connectivity index (χ0) is 14.1. The van der Waals surface area contributed by atoms with Gasteiger partial charge in [-0.25, -0.2) is 4.98 Å². The van der Waals surface area contributed by atoms with Crippen molar-refractivity contribution in [3.63, 3.8) is 0 Å². The molecule has 0 aliphatic heterocycles. The van der Waals surface area contributed by atoms with Crippen LogP contribution >= 0.6 is 0 Å². The van der Waals surface area contributed by atoms with Crippen molar-refractivity contribution in [2.24, 2.45) is 5.73 Å². The third-order valence-electron chi connectivity index (χ3n) is 3.54. The van der Waals surface area contributed by atoms with E-state index < -0.39 is 0 Å². The second-order valence-corrected chi connectivity index (χ2v) is 5.01. The molecule has 0 spiro atoms. The van der Waals surface area contributed by atoms with Crippen LogP contribution in [0.4, 0.5) is 5.82 Å². The summed E-state index contributed by atoms with van der Waals surface area (Å²) in [5, 5.41) is 1.21. The van der Waals surface area contributed by atoms with Crippen molar-refractivity contribution in [2.75, 3.05) is 19.0 Å². The Labute approximate surface area is 118 Å². The van der Waals surface area contributed by atoms with Gasteiger partial charge in [-0.2, -0.15) is 0 Å². The van der Waals surface area contributed by atoms with E-state index in [1.54, 1.807) is 0 Å². The van der Waals surface area contributed by atoms with Crippen molar-refractivity contribution >= 4 is 16.7 Å². The Hall–Kier alpha value is -2.33. The normalized spacial score (nSPS) is 10.9. The number of nitrogens with two attached hydrogens (primary N) is 1. The number of nitrogens with zero attached hydrogens (tertiary/aromatic N) is 2. The summed E-state index contributed by atoms with van der Waals surface area (Å²) < 4.78 is 0. The van der Waals surface area contributed by atoms with Crippen LogP contribution in [0.2, 0.25) is 0 Å². The molecule has 2 aromatic heterocycles. The van der Waals surface area contributed by atoms with Crippen LogP contribution in [0.1, 0.15) is 5.56 Å². The van der Waals surface area contributed by atoms with Gasteiger partial charge in [-0.05, 0) is 17.7 Å². The molecule has 0 saturated carbocycles. The maximum absolute atomic E-state index is 5.96. The number of rotatable bonds is 3. The van der Waals surface area contributed by atoms with Crippen LogP contribution in [0, 0.1) is 0 Å². The molecule has 0 aliphatic rings. The molecule has 0 radical (unpaired) electrons. The van der Waals surface area contributed by atoms with E-state index in [2.05, 4.69) is 28.2 Å². The van der Waals surface area contributed by atoms with Gasteiger partial charge in [0.05, 0.1) is 0 Å². The fourth-order valence-corrected chi connectivity index (χ4v) is 2.61. The van der Waals surface area contributed by atoms with Crippen LogP contribution < -0.4 is 10.6 Å². The highest BCUT2D eigenvalue weighted by Gasteiger charge is 2.14. The van der Waals surface area contributed by atoms with E-state index in [1.807, 2.05) is 43.5 Å². The van der Waals surface area contributed by atoms with Gasteiger partial charge >= 0.3 is 0 Å². The Kier molecular flexibility index (Phi) is 3.16. The number of pyridine rings is 1. The fourth-order valence-electron chi connectivity index (χ4n) is 2.61. The molecule has 3 aromatic rings. The van der Waals surface area contributed by atoms with Gasteiger partial charge in [0, 0.05) is 55.1 Å². The molecular formula is C16H18N4. The molecule has 0 amide bonds. The van der Waals surface area contributed by atoms with E-state index in [4.69, 9.17) is 5.73 Å². The smallest absolute Gasteiger partial charge is 0.133 e. The lowest BCUT2D eigenvalue weighted by Gasteiger charge is -2.18. The summed E-state index contributed by atoms with van der Waals surface area (Å²) in [6, 6.07) is 10.3. The van der Waals surface area contributed by atoms with E-state index in [0.717, 1.165) is 22.5 Å². The van der Waals surface area contributed by atoms with E-state index in [0.29, 0.717) is 6.54 Å². The lowest BCUT2D eigenvalue weighted by atomic mass is 10.00. The van der Waals surface area contributed by atoms with E-state index in [9.17, 15) is 0 Å². The van der Waals surface area contributed by atoms with Gasteiger partial charge < -0.3 is 15.6 Å². The highest BCUT2D eigenvalue weighted by molar-refractivity contribution is 5.96. The van der Waals surface area contributed by atoms with Crippen molar-refractivity contribution in [2.45, 2.75) is 6.54 Å². The van der Waals surface area contributed by atoms with E-state index >= 15 is 0 Å². The van der Waals surface area contributed by atoms with Crippen LogP contribution in [0.25, 0.3) is 22.0 Å². The first-order valence-electron chi connectivity index (χ1n) is 6.64. The average Bonchev–Trinajstić information content (AvgIpc) is 2.90. The van der Waals surface area contributed by atoms with Crippen molar-refractivity contribution in [3.8, 4) is 11.1 Å². The van der Waals surface area contributed by atoms with E-state index in [1.165, 1.54) is 10.9 Å². The predicted molar refractivity (Wildman–Crippen MR) is 83.7 cm³/mol. The van der Waals surface area contributed by atoms with Gasteiger partial charge in [0.25, 0.3) is 0 Å². The second-order valence-electron chi connectivity index (χ2n) is 5.01. The molecule has 1 aromatic carbocycles. The number of aromatic nitrogens is 2. The summed E-state index contributed by atoms with van der Waals surface area (Å²) in [7, 11) is 3.97. The SMILES string of the molecule is CN(C)c1nccc(-c2c[nH]c3ccccc23)c1CN. The molecule has 0 fully saturated rings. The Morgan fingerprint density at radius 3 is 2.70 bits per heavy atom. The molecule has 0 saturated heterocycles. The van der Waals surface area contributed by atoms with Gasteiger partial charge in [0.2, 0.25) is 0 Å². The minimum atomic E-state index is 0.468. The summed E-state index contributed by atoms with van der Waals surface area (Å²) in [6.45, 7) is 0.468. The monoisotopic (exact) mass is 266 g/mol. The molecule has 3 N–H and O–H groups in total. The summed E-state index contributed by atoms with van der Waals surface area (Å²) >= 11 is 0. The molecule has 4 heteroatoms. The third kappa shape index (κ3) is 1.94. The van der Waals surface area contributed by atoms with Crippen LogP contribution in [-0.2, 0) is 6.54 Å². The van der Waals surface area contributed by atoms with Crippen LogP contribution in [0.5, 0.6) is 0 Å². The van der Waals surface area contributed by atoms with Crippen LogP contribution in [0.15, 0.2) is 42.7 Å². The minimum Gasteiger partial charge on any atom is -0.362 e. The minimum absolute atomic E-state index is 0.468. The molecule has 102 valence electrons. The largest absolute Gasteiger partial charge is 0.362 e. The first-order valence-corrected chi connectivity index (χ1v) is 6.64. The van der Waals surface area contributed by atoms with Crippen molar-refractivity contribution in [1.82, 2.24) is 9.97 Å². The highest BCUT2D eigenvalue weighted by atomic mass is 15.1. The standard InChI is InChI=1S/C16H18N4/c1-20(2)16-13(9-17)11(7-8-18-16)14-10-19-15-6-4-3-5-12(14)15/h3-8,10,19H,9,17H2,1-2H3. The predicted octanol–water partition coefficient (Wildman–Crippen LogP) is 2.75. The molecular weight excluding hydrogens is 248 g/mol. The number of benzene rings is 1. The zero-order valence-corrected chi connectivity index (χ0v) is 11.7. The lowest BCUT2D eigenvalue weighted by Crippen LogP contribution is -2.15. The third-order valence-corrected chi connectivity index (χ3v) is 3.54. The number of nitrogens with one attached hydrogen (secondary N) is 1. The maximum atomic E-state index is 5.96. The van der Waals surface area contributed by atoms with Gasteiger partial charge in [-0.1, -0.05) is 18.2 Å². The van der Waals surface area contributed by atoms with Gasteiger partial charge in [0.15, 0.2) is 0 Å². The highest BCUT2D eigenvalue weighted by Crippen LogP contribution is 2.33. The molecule has 3 rings (SSSR count). The summed E-state index contributed by atoms with van der Waals surface area (Å²) in [4.78, 5) is 9.75. The van der Waals surface area contributed by atoms with Crippen LogP contribution in [-0.4, -0.2) is 24.1 Å². The maximum Gasteiger partial charge on any atom is 0.133 e. The Morgan fingerprint density at radius 1 is 1.15 bits per heavy atom. The number of hydrogen-bond donors (Lipinski definition) is 2. The summed E-state index contributed by atoms with van der Waals surface area (Å²) in [5.74, 6) is 0.926. The molecule has 2 heterocycles. The molecule has 0 aliphatic carbocycles. The average molecular weight is 266 g/mol. The lowest BCUT2D eigenvalue weighted by molar-refractivity contribution is 0.989. The molecule has 0 unspecified atom stereocenters. The first kappa shape index (κ1) is 12.7. The fraction of sp³-hybridized carbons (Fsp3) is 0.188. The van der Waals surface area contributed by atoms with Crippen LogP contribution in [0.3, 0.4) is 0 Å². The number of para-hydroxylation sites is 1. The molecule has 20 heavy (non-hydrogen) atoms. The van der Waals surface area contributed by atoms with Crippen molar-refractivity contribution in [1.29, 1.82) is 0 Å². The molecule has 4 nitrogen and oxygen atoms in total. The van der Waals surface area contributed by atoms with Crippen molar-refractivity contribution in [3.05, 3.63) is 48.3 Å². The number of anilines is 1. The van der Waals surface area contributed by atoms with Gasteiger partial charge in [0.1, 0.15) is 5.82 Å². The van der Waals surface area contributed by atoms with Crippen molar-refractivity contribution < 1.29 is 0 Å². The summed E-state index contributed by atoms with van der Waals surface area (Å²) in [6.07, 6.45) is 3.88. The molecule has 0 atom stereocenters. The Balaban J connectivity index is 2.26.